The minimum Gasteiger partial charge on any atom is -0.354 e. The second-order valence-corrected chi connectivity index (χ2v) is 7.06. The highest BCUT2D eigenvalue weighted by molar-refractivity contribution is 9.09. The molecule has 2 aromatic heterocycles. The molecule has 3 aromatic rings. The van der Waals surface area contributed by atoms with Crippen LogP contribution in [0.3, 0.4) is 0 Å². The molecule has 7 nitrogen and oxygen atoms in total. The van der Waals surface area contributed by atoms with Crippen LogP contribution in [-0.2, 0) is 24.1 Å². The van der Waals surface area contributed by atoms with Gasteiger partial charge in [0.2, 0.25) is 5.91 Å². The van der Waals surface area contributed by atoms with Crippen molar-refractivity contribution in [2.24, 2.45) is 0 Å². The van der Waals surface area contributed by atoms with Gasteiger partial charge in [-0.25, -0.2) is 9.67 Å². The number of aromatic nitrogens is 4. The van der Waals surface area contributed by atoms with Crippen molar-refractivity contribution in [2.75, 3.05) is 11.9 Å². The minimum absolute atomic E-state index is 0.0422. The number of nitrogens with one attached hydrogen (secondary N) is 1. The van der Waals surface area contributed by atoms with Crippen LogP contribution in [-0.4, -0.2) is 37.1 Å². The number of fused-ring (bicyclic) bond motifs is 1. The molecule has 1 aromatic carbocycles. The van der Waals surface area contributed by atoms with Gasteiger partial charge in [0.05, 0.1) is 24.8 Å². The maximum absolute atomic E-state index is 12.9. The summed E-state index contributed by atoms with van der Waals surface area (Å²) in [5, 5.41) is 7.68. The highest BCUT2D eigenvalue weighted by atomic mass is 79.9. The largest absolute Gasteiger partial charge is 0.416 e. The normalized spacial score (nSPS) is 11.7. The highest BCUT2D eigenvalue weighted by Crippen LogP contribution is 2.29. The van der Waals surface area contributed by atoms with E-state index in [1.165, 1.54) is 33.9 Å². The monoisotopic (exact) mass is 471 g/mol. The second kappa shape index (κ2) is 8.76. The number of carbonyl (C=O) groups excluding carboxylic acids is 1. The Morgan fingerprint density at radius 1 is 1.28 bits per heavy atom. The SMILES string of the molecule is O=C(CCBr)NCCn1ncc2c(=O)n(Cc3cccc(C(F)(F)F)c3)cnc21. The van der Waals surface area contributed by atoms with Crippen LogP contribution in [0, 0.1) is 0 Å². The maximum atomic E-state index is 12.9. The van der Waals surface area contributed by atoms with Crippen molar-refractivity contribution in [3.05, 3.63) is 58.3 Å². The topological polar surface area (TPSA) is 81.8 Å². The third-order valence-corrected chi connectivity index (χ3v) is 4.59. The van der Waals surface area contributed by atoms with Crippen LogP contribution >= 0.6 is 15.9 Å². The zero-order chi connectivity index (χ0) is 21.0. The Kier molecular flexibility index (Phi) is 6.36. The van der Waals surface area contributed by atoms with E-state index >= 15 is 0 Å². The number of nitrogens with zero attached hydrogens (tertiary/aromatic N) is 4. The van der Waals surface area contributed by atoms with E-state index in [1.54, 1.807) is 0 Å². The van der Waals surface area contributed by atoms with Gasteiger partial charge in [0.15, 0.2) is 5.65 Å². The molecule has 0 fully saturated rings. The van der Waals surface area contributed by atoms with Crippen molar-refractivity contribution in [1.82, 2.24) is 24.6 Å². The van der Waals surface area contributed by atoms with E-state index in [-0.39, 0.29) is 17.8 Å². The number of benzene rings is 1. The van der Waals surface area contributed by atoms with E-state index in [0.717, 1.165) is 12.1 Å². The fraction of sp³-hybridized carbons (Fsp3) is 0.333. The smallest absolute Gasteiger partial charge is 0.354 e. The summed E-state index contributed by atoms with van der Waals surface area (Å²) in [4.78, 5) is 28.4. The van der Waals surface area contributed by atoms with Crippen LogP contribution < -0.4 is 10.9 Å². The van der Waals surface area contributed by atoms with Crippen LogP contribution in [0.1, 0.15) is 17.5 Å². The van der Waals surface area contributed by atoms with E-state index in [2.05, 4.69) is 31.3 Å². The summed E-state index contributed by atoms with van der Waals surface area (Å²) in [5.41, 5.74) is -0.483. The lowest BCUT2D eigenvalue weighted by molar-refractivity contribution is -0.137. The first-order valence-corrected chi connectivity index (χ1v) is 9.81. The molecule has 1 N–H and O–H groups in total. The number of hydrogen-bond acceptors (Lipinski definition) is 4. The van der Waals surface area contributed by atoms with Gasteiger partial charge in [-0.2, -0.15) is 18.3 Å². The lowest BCUT2D eigenvalue weighted by Crippen LogP contribution is -2.27. The molecule has 154 valence electrons. The average Bonchev–Trinajstić information content (AvgIpc) is 3.08. The van der Waals surface area contributed by atoms with E-state index in [0.29, 0.717) is 36.1 Å². The van der Waals surface area contributed by atoms with Gasteiger partial charge in [0.1, 0.15) is 11.7 Å². The Bertz CT molecular complexity index is 1080. The first-order valence-electron chi connectivity index (χ1n) is 8.69. The number of halogens is 4. The zero-order valence-electron chi connectivity index (χ0n) is 15.1. The van der Waals surface area contributed by atoms with Crippen molar-refractivity contribution in [2.45, 2.75) is 25.7 Å². The summed E-state index contributed by atoms with van der Waals surface area (Å²) in [5.74, 6) is -0.102. The van der Waals surface area contributed by atoms with Gasteiger partial charge in [-0.15, -0.1) is 0 Å². The molecule has 0 aliphatic carbocycles. The predicted molar refractivity (Wildman–Crippen MR) is 104 cm³/mol. The van der Waals surface area contributed by atoms with Gasteiger partial charge in [0.25, 0.3) is 5.56 Å². The predicted octanol–water partition coefficient (Wildman–Crippen LogP) is 2.56. The molecule has 0 unspecified atom stereocenters. The summed E-state index contributed by atoms with van der Waals surface area (Å²) in [6.07, 6.45) is -1.44. The van der Waals surface area contributed by atoms with Crippen LogP contribution in [0.25, 0.3) is 11.0 Å². The molecule has 11 heteroatoms. The van der Waals surface area contributed by atoms with Gasteiger partial charge in [-0.05, 0) is 17.7 Å². The first-order chi connectivity index (χ1) is 13.8. The Morgan fingerprint density at radius 2 is 2.07 bits per heavy atom. The van der Waals surface area contributed by atoms with Crippen LogP contribution in [0.15, 0.2) is 41.6 Å². The number of carbonyl (C=O) groups is 1. The summed E-state index contributed by atoms with van der Waals surface area (Å²) in [7, 11) is 0. The third kappa shape index (κ3) is 5.03. The summed E-state index contributed by atoms with van der Waals surface area (Å²) in [6, 6.07) is 4.81. The molecule has 29 heavy (non-hydrogen) atoms. The number of rotatable bonds is 7. The molecule has 0 bridgehead atoms. The van der Waals surface area contributed by atoms with Gasteiger partial charge >= 0.3 is 6.18 Å². The van der Waals surface area contributed by atoms with Gasteiger partial charge in [-0.3, -0.25) is 14.2 Å². The molecule has 0 spiro atoms. The number of hydrogen-bond donors (Lipinski definition) is 1. The maximum Gasteiger partial charge on any atom is 0.416 e. The lowest BCUT2D eigenvalue weighted by atomic mass is 10.1. The van der Waals surface area contributed by atoms with Crippen molar-refractivity contribution in [3.8, 4) is 0 Å². The third-order valence-electron chi connectivity index (χ3n) is 4.20. The molecule has 3 rings (SSSR count). The van der Waals surface area contributed by atoms with Crippen molar-refractivity contribution < 1.29 is 18.0 Å². The molecule has 0 saturated carbocycles. The standard InChI is InChI=1S/C18H17BrF3N5O2/c19-5-4-15(28)23-6-7-27-16-14(9-25-27)17(29)26(11-24-16)10-12-2-1-3-13(8-12)18(20,21)22/h1-3,8-9,11H,4-7,10H2,(H,23,28). The van der Waals surface area contributed by atoms with E-state index < -0.39 is 17.3 Å². The van der Waals surface area contributed by atoms with Crippen molar-refractivity contribution in [3.63, 3.8) is 0 Å². The Morgan fingerprint density at radius 3 is 2.79 bits per heavy atom. The number of alkyl halides is 4. The van der Waals surface area contributed by atoms with E-state index in [4.69, 9.17) is 0 Å². The summed E-state index contributed by atoms with van der Waals surface area (Å²) >= 11 is 3.18. The minimum atomic E-state index is -4.45. The van der Waals surface area contributed by atoms with Crippen LogP contribution in [0.4, 0.5) is 13.2 Å². The Balaban J connectivity index is 1.78. The molecule has 0 aliphatic rings. The van der Waals surface area contributed by atoms with Crippen LogP contribution in [0.2, 0.25) is 0 Å². The Labute approximate surface area is 171 Å². The lowest BCUT2D eigenvalue weighted by Gasteiger charge is -2.10. The first kappa shape index (κ1) is 21.0. The summed E-state index contributed by atoms with van der Waals surface area (Å²) in [6.45, 7) is 0.624. The highest BCUT2D eigenvalue weighted by Gasteiger charge is 2.30. The molecule has 0 atom stereocenters. The van der Waals surface area contributed by atoms with Crippen LogP contribution in [0.5, 0.6) is 0 Å². The molecule has 0 aliphatic heterocycles. The molecule has 0 saturated heterocycles. The molecule has 0 radical (unpaired) electrons. The van der Waals surface area contributed by atoms with Gasteiger partial charge in [-0.1, -0.05) is 28.1 Å². The molecule has 1 amide bonds. The van der Waals surface area contributed by atoms with E-state index in [1.807, 2.05) is 0 Å². The molecular weight excluding hydrogens is 455 g/mol. The Hall–Kier alpha value is -2.69. The average molecular weight is 472 g/mol. The number of amides is 1. The molecular formula is C18H17BrF3N5O2. The molecule has 2 heterocycles. The quantitative estimate of drug-likeness (QED) is 0.537. The zero-order valence-corrected chi connectivity index (χ0v) is 16.7. The van der Waals surface area contributed by atoms with Crippen molar-refractivity contribution >= 4 is 32.9 Å². The summed E-state index contributed by atoms with van der Waals surface area (Å²) < 4.78 is 41.4. The fourth-order valence-electron chi connectivity index (χ4n) is 2.79. The van der Waals surface area contributed by atoms with Crippen molar-refractivity contribution in [1.29, 1.82) is 0 Å². The van der Waals surface area contributed by atoms with Gasteiger partial charge < -0.3 is 5.32 Å². The van der Waals surface area contributed by atoms with Gasteiger partial charge in [0, 0.05) is 18.3 Å². The fourth-order valence-corrected chi connectivity index (χ4v) is 3.15. The second-order valence-electron chi connectivity index (χ2n) is 6.27. The van der Waals surface area contributed by atoms with E-state index in [9.17, 15) is 22.8 Å².